The fraction of sp³-hybridized carbons (Fsp3) is 1.00. The van der Waals surface area contributed by atoms with E-state index in [0.29, 0.717) is 12.7 Å². The molecule has 12 heavy (non-hydrogen) atoms. The van der Waals surface area contributed by atoms with Crippen LogP contribution in [0.1, 0.15) is 19.8 Å². The van der Waals surface area contributed by atoms with Gasteiger partial charge in [-0.2, -0.15) is 0 Å². The molecule has 0 saturated carbocycles. The van der Waals surface area contributed by atoms with Crippen LogP contribution < -0.4 is 0 Å². The molecule has 1 heterocycles. The molecule has 0 spiro atoms. The monoisotopic (exact) mass is 173 g/mol. The highest BCUT2D eigenvalue weighted by Gasteiger charge is 2.14. The van der Waals surface area contributed by atoms with Crippen molar-refractivity contribution in [1.29, 1.82) is 0 Å². The van der Waals surface area contributed by atoms with E-state index in [2.05, 4.69) is 0 Å². The SMILES string of the molecule is CC(C[O])COC1CCOCC1. The van der Waals surface area contributed by atoms with E-state index < -0.39 is 0 Å². The lowest BCUT2D eigenvalue weighted by Crippen LogP contribution is -2.25. The van der Waals surface area contributed by atoms with E-state index in [1.165, 1.54) is 0 Å². The molecule has 1 unspecified atom stereocenters. The van der Waals surface area contributed by atoms with Crippen LogP contribution in [0.2, 0.25) is 0 Å². The average molecular weight is 173 g/mol. The third kappa shape index (κ3) is 3.52. The van der Waals surface area contributed by atoms with Crippen LogP contribution in [-0.4, -0.2) is 32.5 Å². The van der Waals surface area contributed by atoms with E-state index in [-0.39, 0.29) is 12.5 Å². The Morgan fingerprint density at radius 3 is 2.75 bits per heavy atom. The maximum atomic E-state index is 10.4. The summed E-state index contributed by atoms with van der Waals surface area (Å²) in [5.74, 6) is 0.146. The van der Waals surface area contributed by atoms with E-state index in [0.717, 1.165) is 26.1 Å². The van der Waals surface area contributed by atoms with E-state index in [1.807, 2.05) is 6.92 Å². The van der Waals surface area contributed by atoms with Gasteiger partial charge in [-0.3, -0.25) is 0 Å². The van der Waals surface area contributed by atoms with Gasteiger partial charge in [-0.1, -0.05) is 6.92 Å². The van der Waals surface area contributed by atoms with Gasteiger partial charge < -0.3 is 9.47 Å². The van der Waals surface area contributed by atoms with E-state index >= 15 is 0 Å². The third-order valence-electron chi connectivity index (χ3n) is 2.07. The van der Waals surface area contributed by atoms with E-state index in [1.54, 1.807) is 0 Å². The molecular formula is C9H17O3. The van der Waals surface area contributed by atoms with Crippen LogP contribution in [0.4, 0.5) is 0 Å². The molecule has 1 aliphatic heterocycles. The highest BCUT2D eigenvalue weighted by Crippen LogP contribution is 2.11. The Labute approximate surface area is 73.7 Å². The normalized spacial score (nSPS) is 22.5. The Morgan fingerprint density at radius 2 is 2.17 bits per heavy atom. The first kappa shape index (κ1) is 9.96. The van der Waals surface area contributed by atoms with Crippen LogP contribution in [0, 0.1) is 5.92 Å². The molecule has 3 nitrogen and oxygen atoms in total. The zero-order valence-electron chi connectivity index (χ0n) is 7.62. The van der Waals surface area contributed by atoms with Gasteiger partial charge in [-0.25, -0.2) is 5.11 Å². The topological polar surface area (TPSA) is 38.4 Å². The van der Waals surface area contributed by atoms with Crippen LogP contribution in [0.3, 0.4) is 0 Å². The first-order valence-corrected chi connectivity index (χ1v) is 4.60. The largest absolute Gasteiger partial charge is 0.381 e. The van der Waals surface area contributed by atoms with Gasteiger partial charge in [0.1, 0.15) is 0 Å². The van der Waals surface area contributed by atoms with Gasteiger partial charge in [0, 0.05) is 19.1 Å². The Morgan fingerprint density at radius 1 is 1.50 bits per heavy atom. The van der Waals surface area contributed by atoms with Crippen molar-refractivity contribution in [3.63, 3.8) is 0 Å². The van der Waals surface area contributed by atoms with Gasteiger partial charge in [0.25, 0.3) is 0 Å². The molecular weight excluding hydrogens is 156 g/mol. The van der Waals surface area contributed by atoms with Gasteiger partial charge in [0.05, 0.1) is 19.3 Å². The predicted octanol–water partition coefficient (Wildman–Crippen LogP) is 1.25. The van der Waals surface area contributed by atoms with Crippen LogP contribution >= 0.6 is 0 Å². The quantitative estimate of drug-likeness (QED) is 0.641. The predicted molar refractivity (Wildman–Crippen MR) is 44.5 cm³/mol. The molecule has 1 aliphatic rings. The maximum absolute atomic E-state index is 10.4. The minimum Gasteiger partial charge on any atom is -0.381 e. The molecule has 71 valence electrons. The van der Waals surface area contributed by atoms with Crippen LogP contribution in [0.5, 0.6) is 0 Å². The molecule has 0 bridgehead atoms. The number of ether oxygens (including phenoxy) is 2. The molecule has 0 N–H and O–H groups in total. The highest BCUT2D eigenvalue weighted by molar-refractivity contribution is 4.63. The summed E-state index contributed by atoms with van der Waals surface area (Å²) in [6, 6.07) is 0. The second-order valence-electron chi connectivity index (χ2n) is 3.42. The van der Waals surface area contributed by atoms with Crippen molar-refractivity contribution in [2.75, 3.05) is 26.4 Å². The minimum absolute atomic E-state index is 0.0385. The lowest BCUT2D eigenvalue weighted by atomic mass is 10.1. The van der Waals surface area contributed by atoms with Gasteiger partial charge in [-0.15, -0.1) is 0 Å². The Bertz CT molecular complexity index is 110. The molecule has 1 fully saturated rings. The van der Waals surface area contributed by atoms with Gasteiger partial charge in [0.2, 0.25) is 0 Å². The summed E-state index contributed by atoms with van der Waals surface area (Å²) in [4.78, 5) is 0. The summed E-state index contributed by atoms with van der Waals surface area (Å²) in [6.45, 7) is 4.09. The summed E-state index contributed by atoms with van der Waals surface area (Å²) in [5.41, 5.74) is 0. The zero-order chi connectivity index (χ0) is 8.81. The van der Waals surface area contributed by atoms with E-state index in [9.17, 15) is 5.11 Å². The molecule has 0 aromatic rings. The standard InChI is InChI=1S/C9H17O3/c1-8(6-10)7-12-9-2-4-11-5-3-9/h8-9H,2-7H2,1H3. The molecule has 0 aliphatic carbocycles. The van der Waals surface area contributed by atoms with Crippen molar-refractivity contribution in [1.82, 2.24) is 0 Å². The second-order valence-corrected chi connectivity index (χ2v) is 3.42. The van der Waals surface area contributed by atoms with Crippen molar-refractivity contribution >= 4 is 0 Å². The summed E-state index contributed by atoms with van der Waals surface area (Å²) in [5, 5.41) is 10.4. The molecule has 1 atom stereocenters. The molecule has 3 heteroatoms. The fourth-order valence-corrected chi connectivity index (χ4v) is 1.19. The molecule has 1 radical (unpaired) electrons. The van der Waals surface area contributed by atoms with Gasteiger partial charge in [-0.05, 0) is 12.8 Å². The van der Waals surface area contributed by atoms with Gasteiger partial charge in [0.15, 0.2) is 0 Å². The van der Waals surface area contributed by atoms with Crippen molar-refractivity contribution in [2.24, 2.45) is 5.92 Å². The number of hydrogen-bond acceptors (Lipinski definition) is 2. The van der Waals surface area contributed by atoms with Crippen molar-refractivity contribution in [2.45, 2.75) is 25.9 Å². The summed E-state index contributed by atoms with van der Waals surface area (Å²) < 4.78 is 10.7. The molecule has 0 amide bonds. The third-order valence-corrected chi connectivity index (χ3v) is 2.07. The maximum Gasteiger partial charge on any atom is 0.0869 e. The summed E-state index contributed by atoms with van der Waals surface area (Å²) in [6.07, 6.45) is 2.28. The van der Waals surface area contributed by atoms with Crippen molar-refractivity contribution in [3.8, 4) is 0 Å². The van der Waals surface area contributed by atoms with Crippen molar-refractivity contribution in [3.05, 3.63) is 0 Å². The molecule has 1 saturated heterocycles. The minimum atomic E-state index is -0.0385. The van der Waals surface area contributed by atoms with Crippen LogP contribution in [0.25, 0.3) is 0 Å². The molecule has 1 rings (SSSR count). The second kappa shape index (κ2) is 5.51. The van der Waals surface area contributed by atoms with Crippen molar-refractivity contribution < 1.29 is 14.6 Å². The molecule has 0 aromatic carbocycles. The van der Waals surface area contributed by atoms with Crippen LogP contribution in [0.15, 0.2) is 0 Å². The number of rotatable bonds is 4. The first-order valence-electron chi connectivity index (χ1n) is 4.60. The smallest absolute Gasteiger partial charge is 0.0869 e. The lowest BCUT2D eigenvalue weighted by Gasteiger charge is -2.23. The Hall–Kier alpha value is -0.120. The Balaban J connectivity index is 2.05. The number of hydrogen-bond donors (Lipinski definition) is 0. The van der Waals surface area contributed by atoms with E-state index in [4.69, 9.17) is 9.47 Å². The summed E-state index contributed by atoms with van der Waals surface area (Å²) in [7, 11) is 0. The highest BCUT2D eigenvalue weighted by atomic mass is 16.5. The lowest BCUT2D eigenvalue weighted by molar-refractivity contribution is -0.0487. The average Bonchev–Trinajstić information content (AvgIpc) is 2.16. The summed E-state index contributed by atoms with van der Waals surface area (Å²) >= 11 is 0. The zero-order valence-corrected chi connectivity index (χ0v) is 7.62. The first-order chi connectivity index (χ1) is 5.83. The fourth-order valence-electron chi connectivity index (χ4n) is 1.19. The van der Waals surface area contributed by atoms with Crippen LogP contribution in [-0.2, 0) is 14.6 Å². The molecule has 0 aromatic heterocycles. The Kier molecular flexibility index (Phi) is 4.58. The van der Waals surface area contributed by atoms with Gasteiger partial charge >= 0.3 is 0 Å².